The first-order chi connectivity index (χ1) is 17.4. The molecule has 11 heteroatoms. The van der Waals surface area contributed by atoms with Crippen molar-refractivity contribution in [2.45, 2.75) is 59.0 Å². The summed E-state index contributed by atoms with van der Waals surface area (Å²) in [4.78, 5) is 19.4. The number of hydrogen-bond donors (Lipinski definition) is 3. The molecule has 0 radical (unpaired) electrons. The van der Waals surface area contributed by atoms with Gasteiger partial charge in [0.1, 0.15) is 17.2 Å². The van der Waals surface area contributed by atoms with Gasteiger partial charge in [0.05, 0.1) is 18.1 Å². The molecule has 1 saturated heterocycles. The number of H-pyrrole nitrogens is 1. The molecule has 0 bridgehead atoms. The lowest BCUT2D eigenvalue weighted by Gasteiger charge is -2.20. The molecule has 3 aromatic rings. The van der Waals surface area contributed by atoms with Gasteiger partial charge in [0.25, 0.3) is 12.3 Å². The number of anilines is 1. The molecule has 37 heavy (non-hydrogen) atoms. The number of rotatable bonds is 7. The number of benzene rings is 1. The number of imidazole rings is 1. The van der Waals surface area contributed by atoms with Crippen LogP contribution in [0.1, 0.15) is 68.6 Å². The zero-order valence-corrected chi connectivity index (χ0v) is 22.7. The fourth-order valence-electron chi connectivity index (χ4n) is 4.82. The highest BCUT2D eigenvalue weighted by molar-refractivity contribution is 6.32. The number of nitrogens with zero attached hydrogens (tertiary/aromatic N) is 4. The Bertz CT molecular complexity index is 1320. The normalized spacial score (nSPS) is 18.5. The number of likely N-dealkylation sites (tertiary alicyclic amines) is 1. The maximum atomic E-state index is 13.9. The topological polar surface area (TPSA) is 90.9 Å². The highest BCUT2D eigenvalue weighted by Crippen LogP contribution is 2.35. The van der Waals surface area contributed by atoms with Crippen LogP contribution in [0.15, 0.2) is 24.4 Å². The summed E-state index contributed by atoms with van der Waals surface area (Å²) < 4.78 is 29.3. The number of alkyl halides is 2. The molecule has 1 aliphatic rings. The van der Waals surface area contributed by atoms with E-state index in [1.54, 1.807) is 7.05 Å². The molecule has 0 saturated carbocycles. The molecule has 1 fully saturated rings. The summed E-state index contributed by atoms with van der Waals surface area (Å²) in [6.07, 6.45) is 1.02. The van der Waals surface area contributed by atoms with Gasteiger partial charge in [-0.05, 0) is 42.2 Å². The van der Waals surface area contributed by atoms with Gasteiger partial charge >= 0.3 is 0 Å². The van der Waals surface area contributed by atoms with E-state index in [9.17, 15) is 13.6 Å². The van der Waals surface area contributed by atoms with Crippen molar-refractivity contribution >= 4 is 34.2 Å². The summed E-state index contributed by atoms with van der Waals surface area (Å²) in [5, 5.41) is 14.9. The zero-order valence-electron chi connectivity index (χ0n) is 22.0. The SMILES string of the molecule is CC=CN1C[C@@H](C)[C@@H](NC(=O)c2c(C(F)F)nc(CNc3n[nH]c4cc(Cl)c(C(C)(C)C)cc34)n2C)C1. The molecule has 3 N–H and O–H groups in total. The summed E-state index contributed by atoms with van der Waals surface area (Å²) in [7, 11) is 1.58. The lowest BCUT2D eigenvalue weighted by atomic mass is 9.86. The highest BCUT2D eigenvalue weighted by atomic mass is 35.5. The molecule has 1 aliphatic heterocycles. The van der Waals surface area contributed by atoms with Gasteiger partial charge in [0, 0.05) is 30.5 Å². The summed E-state index contributed by atoms with van der Waals surface area (Å²) in [5.74, 6) is 0.486. The van der Waals surface area contributed by atoms with Crippen LogP contribution in [0.25, 0.3) is 10.9 Å². The maximum Gasteiger partial charge on any atom is 0.282 e. The molecule has 3 heterocycles. The van der Waals surface area contributed by atoms with E-state index < -0.39 is 18.0 Å². The molecule has 2 aromatic heterocycles. The Morgan fingerprint density at radius 1 is 1.32 bits per heavy atom. The van der Waals surface area contributed by atoms with Crippen LogP contribution in [-0.4, -0.2) is 49.7 Å². The largest absolute Gasteiger partial charge is 0.375 e. The first-order valence-corrected chi connectivity index (χ1v) is 12.7. The van der Waals surface area contributed by atoms with Crippen molar-refractivity contribution < 1.29 is 13.6 Å². The summed E-state index contributed by atoms with van der Waals surface area (Å²) in [5.41, 5.74) is 0.898. The maximum absolute atomic E-state index is 13.9. The lowest BCUT2D eigenvalue weighted by Crippen LogP contribution is -2.40. The Labute approximate surface area is 220 Å². The number of fused-ring (bicyclic) bond motifs is 1. The third kappa shape index (κ3) is 5.44. The van der Waals surface area contributed by atoms with Crippen LogP contribution >= 0.6 is 11.6 Å². The standard InChI is InChI=1S/C26H34ClF2N7O/c1-7-8-36-12-14(2)19(13-36)31-25(37)22-21(23(28)29)32-20(35(22)6)11-30-24-15-9-16(26(3,4)5)17(27)10-18(15)33-34-24/h7-10,14,19,23H,11-13H2,1-6H3,(H,31,37)(H2,30,33,34)/t14-,19+/m1/s1. The van der Waals surface area contributed by atoms with E-state index in [2.05, 4.69) is 51.5 Å². The number of aromatic nitrogens is 4. The van der Waals surface area contributed by atoms with Crippen LogP contribution < -0.4 is 10.6 Å². The van der Waals surface area contributed by atoms with E-state index in [-0.39, 0.29) is 29.6 Å². The predicted molar refractivity (Wildman–Crippen MR) is 142 cm³/mol. The van der Waals surface area contributed by atoms with Crippen LogP contribution in [0.2, 0.25) is 5.02 Å². The Kier molecular flexibility index (Phi) is 7.50. The van der Waals surface area contributed by atoms with E-state index >= 15 is 0 Å². The van der Waals surface area contributed by atoms with E-state index in [1.807, 2.05) is 38.3 Å². The van der Waals surface area contributed by atoms with E-state index in [1.165, 1.54) is 4.57 Å². The summed E-state index contributed by atoms with van der Waals surface area (Å²) in [6.45, 7) is 11.7. The Morgan fingerprint density at radius 3 is 2.70 bits per heavy atom. The van der Waals surface area contributed by atoms with Gasteiger partial charge in [-0.25, -0.2) is 13.8 Å². The van der Waals surface area contributed by atoms with Gasteiger partial charge in [-0.1, -0.05) is 45.4 Å². The number of hydrogen-bond acceptors (Lipinski definition) is 5. The molecular weight excluding hydrogens is 500 g/mol. The fourth-order valence-corrected chi connectivity index (χ4v) is 5.27. The minimum absolute atomic E-state index is 0.103. The van der Waals surface area contributed by atoms with Crippen molar-refractivity contribution in [2.75, 3.05) is 18.4 Å². The second-order valence-corrected chi connectivity index (χ2v) is 11.1. The number of amides is 1. The van der Waals surface area contributed by atoms with Gasteiger partial charge in [-0.2, -0.15) is 5.10 Å². The number of nitrogens with one attached hydrogen (secondary N) is 3. The van der Waals surface area contributed by atoms with Crippen molar-refractivity contribution in [3.05, 3.63) is 52.2 Å². The molecule has 0 spiro atoms. The molecular formula is C26H34ClF2N7O. The van der Waals surface area contributed by atoms with Crippen LogP contribution in [0.5, 0.6) is 0 Å². The first-order valence-electron chi connectivity index (χ1n) is 12.3. The van der Waals surface area contributed by atoms with Crippen molar-refractivity contribution in [1.29, 1.82) is 0 Å². The summed E-state index contributed by atoms with van der Waals surface area (Å²) in [6, 6.07) is 3.66. The number of allylic oxidation sites excluding steroid dienone is 1. The van der Waals surface area contributed by atoms with Crippen molar-refractivity contribution in [2.24, 2.45) is 13.0 Å². The third-order valence-corrected chi connectivity index (χ3v) is 7.14. The Balaban J connectivity index is 1.56. The smallest absolute Gasteiger partial charge is 0.282 e. The van der Waals surface area contributed by atoms with Gasteiger partial charge in [0.2, 0.25) is 0 Å². The minimum Gasteiger partial charge on any atom is -0.375 e. The average molecular weight is 534 g/mol. The second kappa shape index (κ2) is 10.3. The van der Waals surface area contributed by atoms with Gasteiger partial charge in [-0.3, -0.25) is 9.89 Å². The summed E-state index contributed by atoms with van der Waals surface area (Å²) >= 11 is 6.47. The fraction of sp³-hybridized carbons (Fsp3) is 0.500. The number of aromatic amines is 1. The highest BCUT2D eigenvalue weighted by Gasteiger charge is 2.33. The molecule has 200 valence electrons. The number of carbonyl (C=O) groups excluding carboxylic acids is 1. The van der Waals surface area contributed by atoms with Gasteiger partial charge in [0.15, 0.2) is 5.82 Å². The molecule has 4 rings (SSSR count). The number of halogens is 3. The molecule has 1 amide bonds. The lowest BCUT2D eigenvalue weighted by molar-refractivity contribution is 0.0907. The average Bonchev–Trinajstić information content (AvgIpc) is 3.46. The van der Waals surface area contributed by atoms with Gasteiger partial charge < -0.3 is 20.1 Å². The van der Waals surface area contributed by atoms with E-state index in [4.69, 9.17) is 11.6 Å². The van der Waals surface area contributed by atoms with Crippen LogP contribution in [-0.2, 0) is 19.0 Å². The Morgan fingerprint density at radius 2 is 2.05 bits per heavy atom. The van der Waals surface area contributed by atoms with Crippen molar-refractivity contribution in [1.82, 2.24) is 30.0 Å². The van der Waals surface area contributed by atoms with E-state index in [0.29, 0.717) is 23.2 Å². The van der Waals surface area contributed by atoms with Crippen LogP contribution in [0.3, 0.4) is 0 Å². The molecule has 8 nitrogen and oxygen atoms in total. The van der Waals surface area contributed by atoms with Crippen LogP contribution in [0.4, 0.5) is 14.6 Å². The van der Waals surface area contributed by atoms with Crippen LogP contribution in [0, 0.1) is 5.92 Å². The molecule has 0 unspecified atom stereocenters. The predicted octanol–water partition coefficient (Wildman–Crippen LogP) is 5.38. The van der Waals surface area contributed by atoms with E-state index in [0.717, 1.165) is 23.0 Å². The monoisotopic (exact) mass is 533 g/mol. The van der Waals surface area contributed by atoms with Gasteiger partial charge in [-0.15, -0.1) is 0 Å². The Hall–Kier alpha value is -3.14. The second-order valence-electron chi connectivity index (χ2n) is 10.7. The quantitative estimate of drug-likeness (QED) is 0.379. The molecule has 0 aliphatic carbocycles. The third-order valence-electron chi connectivity index (χ3n) is 6.83. The van der Waals surface area contributed by atoms with Crippen molar-refractivity contribution in [3.63, 3.8) is 0 Å². The minimum atomic E-state index is -2.89. The zero-order chi connectivity index (χ0) is 27.1. The molecule has 2 atom stereocenters. The first kappa shape index (κ1) is 26.9. The molecule has 1 aromatic carbocycles. The number of carbonyl (C=O) groups is 1. The van der Waals surface area contributed by atoms with Crippen molar-refractivity contribution in [3.8, 4) is 0 Å².